The zero-order valence-corrected chi connectivity index (χ0v) is 7.44. The summed E-state index contributed by atoms with van der Waals surface area (Å²) in [5.41, 5.74) is 0. The largest absolute Gasteiger partial charge is 0.281 e. The van der Waals surface area contributed by atoms with Gasteiger partial charge in [-0.15, -0.1) is 0 Å². The summed E-state index contributed by atoms with van der Waals surface area (Å²) < 4.78 is 1.67. The first-order valence-electron chi connectivity index (χ1n) is 3.13. The number of hydrogen-bond donors (Lipinski definition) is 0. The lowest BCUT2D eigenvalue weighted by Crippen LogP contribution is -2.28. The lowest BCUT2D eigenvalue weighted by Gasteiger charge is -2.21. The number of carbonyl (C=O) groups is 1. The van der Waals surface area contributed by atoms with Gasteiger partial charge >= 0.3 is 0 Å². The van der Waals surface area contributed by atoms with E-state index in [1.165, 1.54) is 18.0 Å². The van der Waals surface area contributed by atoms with Crippen LogP contribution in [0.3, 0.4) is 0 Å². The van der Waals surface area contributed by atoms with Crippen molar-refractivity contribution in [1.29, 1.82) is 0 Å². The lowest BCUT2D eigenvalue weighted by atomic mass is 10.4. The summed E-state index contributed by atoms with van der Waals surface area (Å²) in [7, 11) is 0. The van der Waals surface area contributed by atoms with Crippen LogP contribution in [0.25, 0.3) is 0 Å². The smallest absolute Gasteiger partial charge is 0.256 e. The van der Waals surface area contributed by atoms with Crippen molar-refractivity contribution in [2.75, 3.05) is 6.26 Å². The van der Waals surface area contributed by atoms with Gasteiger partial charge in [0.05, 0.1) is 0 Å². The molecule has 10 heavy (non-hydrogen) atoms. The Morgan fingerprint density at radius 2 is 2.20 bits per heavy atom. The zero-order valence-electron chi connectivity index (χ0n) is 6.63. The van der Waals surface area contributed by atoms with Gasteiger partial charge in [-0.25, -0.2) is 0 Å². The van der Waals surface area contributed by atoms with Crippen molar-refractivity contribution in [2.24, 2.45) is 0 Å². The van der Waals surface area contributed by atoms with Gasteiger partial charge in [0.25, 0.3) is 5.91 Å². The van der Waals surface area contributed by atoms with Crippen LogP contribution in [0.2, 0.25) is 0 Å². The van der Waals surface area contributed by atoms with Crippen LogP contribution >= 0.6 is 11.9 Å². The maximum absolute atomic E-state index is 11.0. The third-order valence-corrected chi connectivity index (χ3v) is 2.05. The fourth-order valence-electron chi connectivity index (χ4n) is 0.645. The summed E-state index contributed by atoms with van der Waals surface area (Å²) in [6.45, 7) is 7.35. The highest BCUT2D eigenvalue weighted by Gasteiger charge is 2.11. The Labute approximate surface area is 66.4 Å². The molecule has 0 N–H and O–H groups in total. The van der Waals surface area contributed by atoms with E-state index in [0.29, 0.717) is 0 Å². The Hall–Kier alpha value is -0.440. The van der Waals surface area contributed by atoms with Crippen LogP contribution in [0.5, 0.6) is 0 Å². The Kier molecular flexibility index (Phi) is 4.19. The number of carbonyl (C=O) groups excluding carboxylic acids is 1. The van der Waals surface area contributed by atoms with E-state index in [4.69, 9.17) is 0 Å². The van der Waals surface area contributed by atoms with Crippen LogP contribution in [0.1, 0.15) is 13.8 Å². The van der Waals surface area contributed by atoms with E-state index in [0.717, 1.165) is 0 Å². The molecule has 0 bridgehead atoms. The molecule has 0 heterocycles. The molecule has 0 radical (unpaired) electrons. The van der Waals surface area contributed by atoms with Crippen molar-refractivity contribution in [3.8, 4) is 0 Å². The second-order valence-corrected chi connectivity index (χ2v) is 2.90. The predicted octanol–water partition coefficient (Wildman–Crippen LogP) is 1.69. The number of amides is 1. The van der Waals surface area contributed by atoms with E-state index in [1.807, 2.05) is 20.1 Å². The minimum absolute atomic E-state index is 0.0255. The minimum Gasteiger partial charge on any atom is -0.281 e. The molecule has 0 atom stereocenters. The zero-order chi connectivity index (χ0) is 8.15. The van der Waals surface area contributed by atoms with Crippen molar-refractivity contribution >= 4 is 17.9 Å². The van der Waals surface area contributed by atoms with Gasteiger partial charge in [-0.1, -0.05) is 18.5 Å². The Balaban J connectivity index is 4.06. The number of nitrogens with zero attached hydrogens (tertiary/aromatic N) is 1. The van der Waals surface area contributed by atoms with E-state index in [-0.39, 0.29) is 11.9 Å². The average molecular weight is 159 g/mol. The Morgan fingerprint density at radius 1 is 1.70 bits per heavy atom. The van der Waals surface area contributed by atoms with Gasteiger partial charge in [-0.3, -0.25) is 9.10 Å². The van der Waals surface area contributed by atoms with Gasteiger partial charge in [0.1, 0.15) is 0 Å². The first-order chi connectivity index (χ1) is 4.63. The van der Waals surface area contributed by atoms with E-state index in [9.17, 15) is 4.79 Å². The first-order valence-corrected chi connectivity index (χ1v) is 4.31. The number of rotatable bonds is 3. The highest BCUT2D eigenvalue weighted by Crippen LogP contribution is 2.10. The molecular formula is C7H13NOS. The Morgan fingerprint density at radius 3 is 2.30 bits per heavy atom. The summed E-state index contributed by atoms with van der Waals surface area (Å²) >= 11 is 1.42. The molecule has 0 aromatic heterocycles. The van der Waals surface area contributed by atoms with Crippen LogP contribution in [0.15, 0.2) is 12.7 Å². The van der Waals surface area contributed by atoms with Gasteiger partial charge < -0.3 is 0 Å². The Bertz CT molecular complexity index is 134. The standard InChI is InChI=1S/C7H13NOS/c1-5-7(9)8(10-4)6(2)3/h5-6H,1H2,2-4H3. The maximum Gasteiger partial charge on any atom is 0.256 e. The van der Waals surface area contributed by atoms with Crippen molar-refractivity contribution in [3.05, 3.63) is 12.7 Å². The van der Waals surface area contributed by atoms with Crippen LogP contribution < -0.4 is 0 Å². The quantitative estimate of drug-likeness (QED) is 0.461. The van der Waals surface area contributed by atoms with E-state index in [1.54, 1.807) is 4.31 Å². The molecule has 0 aliphatic carbocycles. The molecule has 0 saturated heterocycles. The summed E-state index contributed by atoms with van der Waals surface area (Å²) in [6.07, 6.45) is 3.21. The molecule has 0 aliphatic rings. The van der Waals surface area contributed by atoms with Gasteiger partial charge in [-0.2, -0.15) is 0 Å². The normalized spacial score (nSPS) is 9.60. The molecule has 3 heteroatoms. The molecule has 0 aromatic carbocycles. The van der Waals surface area contributed by atoms with Crippen molar-refractivity contribution in [3.63, 3.8) is 0 Å². The molecular weight excluding hydrogens is 146 g/mol. The SMILES string of the molecule is C=CC(=O)N(SC)C(C)C. The molecule has 0 fully saturated rings. The summed E-state index contributed by atoms with van der Waals surface area (Å²) in [4.78, 5) is 11.0. The molecule has 1 amide bonds. The molecule has 0 aliphatic heterocycles. The highest BCUT2D eigenvalue weighted by atomic mass is 32.2. The van der Waals surface area contributed by atoms with Crippen LogP contribution in [0, 0.1) is 0 Å². The highest BCUT2D eigenvalue weighted by molar-refractivity contribution is 7.96. The fraction of sp³-hybridized carbons (Fsp3) is 0.571. The lowest BCUT2D eigenvalue weighted by molar-refractivity contribution is -0.122. The van der Waals surface area contributed by atoms with Crippen molar-refractivity contribution in [2.45, 2.75) is 19.9 Å². The maximum atomic E-state index is 11.0. The first kappa shape index (κ1) is 9.56. The van der Waals surface area contributed by atoms with Gasteiger partial charge in [-0.05, 0) is 19.9 Å². The van der Waals surface area contributed by atoms with Gasteiger partial charge in [0.2, 0.25) is 0 Å². The monoisotopic (exact) mass is 159 g/mol. The van der Waals surface area contributed by atoms with Crippen LogP contribution in [-0.4, -0.2) is 22.5 Å². The molecule has 58 valence electrons. The number of hydrogen-bond acceptors (Lipinski definition) is 2. The second kappa shape index (κ2) is 4.39. The van der Waals surface area contributed by atoms with E-state index < -0.39 is 0 Å². The third-order valence-electron chi connectivity index (χ3n) is 1.06. The molecule has 0 rings (SSSR count). The fourth-order valence-corrected chi connectivity index (χ4v) is 1.32. The third kappa shape index (κ3) is 2.43. The van der Waals surface area contributed by atoms with Gasteiger partial charge in [0, 0.05) is 12.3 Å². The molecule has 0 aromatic rings. The minimum atomic E-state index is -0.0255. The summed E-state index contributed by atoms with van der Waals surface area (Å²) in [5.74, 6) is -0.0255. The summed E-state index contributed by atoms with van der Waals surface area (Å²) in [6, 6.07) is 0.237. The van der Waals surface area contributed by atoms with E-state index >= 15 is 0 Å². The molecule has 0 unspecified atom stereocenters. The van der Waals surface area contributed by atoms with E-state index in [2.05, 4.69) is 6.58 Å². The van der Waals surface area contributed by atoms with Gasteiger partial charge in [0.15, 0.2) is 0 Å². The molecule has 2 nitrogen and oxygen atoms in total. The predicted molar refractivity (Wildman–Crippen MR) is 45.7 cm³/mol. The topological polar surface area (TPSA) is 20.3 Å². The van der Waals surface area contributed by atoms with Crippen molar-refractivity contribution in [1.82, 2.24) is 4.31 Å². The van der Waals surface area contributed by atoms with Crippen molar-refractivity contribution < 1.29 is 4.79 Å². The van der Waals surface area contributed by atoms with Crippen LogP contribution in [0.4, 0.5) is 0 Å². The average Bonchev–Trinajstić information content (AvgIpc) is 1.88. The molecule has 0 spiro atoms. The second-order valence-electron chi connectivity index (χ2n) is 2.14. The summed E-state index contributed by atoms with van der Waals surface area (Å²) in [5, 5.41) is 0. The molecule has 0 saturated carbocycles. The van der Waals surface area contributed by atoms with Crippen LogP contribution in [-0.2, 0) is 4.79 Å².